The molecule has 0 saturated carbocycles. The van der Waals surface area contributed by atoms with Gasteiger partial charge in [0.15, 0.2) is 0 Å². The van der Waals surface area contributed by atoms with E-state index in [1.54, 1.807) is 6.92 Å². The normalized spacial score (nSPS) is 17.6. The fraction of sp³-hybridized carbons (Fsp3) is 0.375. The molecule has 1 aliphatic heterocycles. The molecule has 1 aromatic heterocycles. The molecule has 0 spiro atoms. The molecule has 29 heavy (non-hydrogen) atoms. The Hall–Kier alpha value is -2.11. The number of rotatable bonds is 5. The highest BCUT2D eigenvalue weighted by Gasteiger charge is 2.21. The highest BCUT2D eigenvalue weighted by Crippen LogP contribution is 2.26. The molecule has 0 N–H and O–H groups in total. The molecule has 2 aromatic carbocycles. The van der Waals surface area contributed by atoms with Crippen LogP contribution in [-0.4, -0.2) is 24.6 Å². The lowest BCUT2D eigenvalue weighted by molar-refractivity contribution is 0.125. The zero-order valence-corrected chi connectivity index (χ0v) is 18.5. The SMILES string of the molecule is Cc1c(C)c2ccc(OCC3CCCN(Cc4cccc(Br)c4)C3)cc2oc1=O. The molecule has 1 unspecified atom stereocenters. The van der Waals surface area contributed by atoms with Gasteiger partial charge in [-0.15, -0.1) is 0 Å². The van der Waals surface area contributed by atoms with Crippen LogP contribution in [0.5, 0.6) is 5.75 Å². The molecule has 1 aliphatic rings. The standard InChI is InChI=1S/C24H26BrNO3/c1-16-17(2)24(27)29-23-12-21(8-9-22(16)23)28-15-19-6-4-10-26(14-19)13-18-5-3-7-20(25)11-18/h3,5,7-9,11-12,19H,4,6,10,13-15H2,1-2H3. The van der Waals surface area contributed by atoms with Crippen LogP contribution in [0.15, 0.2) is 56.1 Å². The van der Waals surface area contributed by atoms with Gasteiger partial charge < -0.3 is 9.15 Å². The Morgan fingerprint density at radius 2 is 2.03 bits per heavy atom. The average molecular weight is 456 g/mol. The maximum atomic E-state index is 12.0. The summed E-state index contributed by atoms with van der Waals surface area (Å²) in [7, 11) is 0. The largest absolute Gasteiger partial charge is 0.493 e. The number of hydrogen-bond acceptors (Lipinski definition) is 4. The molecule has 4 rings (SSSR count). The van der Waals surface area contributed by atoms with Crippen molar-refractivity contribution in [3.8, 4) is 5.75 Å². The van der Waals surface area contributed by atoms with Crippen molar-refractivity contribution < 1.29 is 9.15 Å². The van der Waals surface area contributed by atoms with Gasteiger partial charge in [-0.25, -0.2) is 4.79 Å². The summed E-state index contributed by atoms with van der Waals surface area (Å²) in [6, 6.07) is 14.3. The number of hydrogen-bond donors (Lipinski definition) is 0. The van der Waals surface area contributed by atoms with Gasteiger partial charge in [0.25, 0.3) is 0 Å². The first-order valence-electron chi connectivity index (χ1n) is 10.1. The van der Waals surface area contributed by atoms with Gasteiger partial charge in [0.1, 0.15) is 11.3 Å². The van der Waals surface area contributed by atoms with E-state index in [-0.39, 0.29) is 5.63 Å². The quantitative estimate of drug-likeness (QED) is 0.478. The molecule has 1 fully saturated rings. The summed E-state index contributed by atoms with van der Waals surface area (Å²) in [6.45, 7) is 7.56. The van der Waals surface area contributed by atoms with Crippen molar-refractivity contribution in [2.45, 2.75) is 33.2 Å². The topological polar surface area (TPSA) is 42.7 Å². The fourth-order valence-electron chi connectivity index (χ4n) is 4.06. The Morgan fingerprint density at radius 1 is 1.17 bits per heavy atom. The number of fused-ring (bicyclic) bond motifs is 1. The number of piperidine rings is 1. The van der Waals surface area contributed by atoms with Crippen LogP contribution in [0.1, 0.15) is 29.5 Å². The van der Waals surface area contributed by atoms with Gasteiger partial charge in [0, 0.05) is 40.5 Å². The zero-order chi connectivity index (χ0) is 20.4. The lowest BCUT2D eigenvalue weighted by Gasteiger charge is -2.32. The Kier molecular flexibility index (Phi) is 6.07. The van der Waals surface area contributed by atoms with Crippen molar-refractivity contribution in [2.75, 3.05) is 19.7 Å². The molecule has 0 aliphatic carbocycles. The summed E-state index contributed by atoms with van der Waals surface area (Å²) in [5.74, 6) is 1.26. The monoisotopic (exact) mass is 455 g/mol. The van der Waals surface area contributed by atoms with Crippen LogP contribution in [0.4, 0.5) is 0 Å². The van der Waals surface area contributed by atoms with E-state index in [1.807, 2.05) is 25.1 Å². The van der Waals surface area contributed by atoms with Crippen molar-refractivity contribution in [1.29, 1.82) is 0 Å². The zero-order valence-electron chi connectivity index (χ0n) is 16.9. The number of likely N-dealkylation sites (tertiary alicyclic amines) is 1. The van der Waals surface area contributed by atoms with E-state index >= 15 is 0 Å². The summed E-state index contributed by atoms with van der Waals surface area (Å²) < 4.78 is 12.7. The number of ether oxygens (including phenoxy) is 1. The number of benzene rings is 2. The van der Waals surface area contributed by atoms with E-state index in [0.29, 0.717) is 23.7 Å². The van der Waals surface area contributed by atoms with Gasteiger partial charge in [-0.2, -0.15) is 0 Å². The Bertz CT molecular complexity index is 1080. The third-order valence-electron chi connectivity index (χ3n) is 5.81. The van der Waals surface area contributed by atoms with Gasteiger partial charge in [-0.1, -0.05) is 28.1 Å². The third kappa shape index (κ3) is 4.73. The second kappa shape index (κ2) is 8.72. The van der Waals surface area contributed by atoms with Gasteiger partial charge >= 0.3 is 5.63 Å². The van der Waals surface area contributed by atoms with Gasteiger partial charge in [-0.05, 0) is 68.6 Å². The van der Waals surface area contributed by atoms with Crippen molar-refractivity contribution >= 4 is 26.9 Å². The van der Waals surface area contributed by atoms with E-state index in [1.165, 1.54) is 18.4 Å². The van der Waals surface area contributed by atoms with Crippen LogP contribution in [0.2, 0.25) is 0 Å². The molecule has 152 valence electrons. The molecule has 3 aromatic rings. The highest BCUT2D eigenvalue weighted by atomic mass is 79.9. The summed E-state index contributed by atoms with van der Waals surface area (Å²) in [5.41, 5.74) is 3.28. The van der Waals surface area contributed by atoms with E-state index in [0.717, 1.165) is 40.8 Å². The van der Waals surface area contributed by atoms with E-state index in [2.05, 4.69) is 45.1 Å². The molecule has 1 atom stereocenters. The summed E-state index contributed by atoms with van der Waals surface area (Å²) in [5, 5.41) is 0.965. The summed E-state index contributed by atoms with van der Waals surface area (Å²) in [6.07, 6.45) is 2.36. The molecule has 1 saturated heterocycles. The maximum Gasteiger partial charge on any atom is 0.339 e. The first kappa shape index (κ1) is 20.2. The van der Waals surface area contributed by atoms with Crippen molar-refractivity contribution in [1.82, 2.24) is 4.90 Å². The summed E-state index contributed by atoms with van der Waals surface area (Å²) in [4.78, 5) is 14.5. The van der Waals surface area contributed by atoms with Crippen LogP contribution in [0.25, 0.3) is 11.0 Å². The van der Waals surface area contributed by atoms with E-state index in [4.69, 9.17) is 9.15 Å². The van der Waals surface area contributed by atoms with Crippen LogP contribution in [-0.2, 0) is 6.54 Å². The molecule has 4 nitrogen and oxygen atoms in total. The number of halogens is 1. The lowest BCUT2D eigenvalue weighted by Crippen LogP contribution is -2.37. The number of nitrogens with zero attached hydrogens (tertiary/aromatic N) is 1. The Balaban J connectivity index is 1.39. The summed E-state index contributed by atoms with van der Waals surface area (Å²) >= 11 is 3.55. The second-order valence-corrected chi connectivity index (χ2v) is 8.90. The van der Waals surface area contributed by atoms with Crippen LogP contribution < -0.4 is 10.4 Å². The van der Waals surface area contributed by atoms with Crippen LogP contribution in [0.3, 0.4) is 0 Å². The van der Waals surface area contributed by atoms with Gasteiger partial charge in [-0.3, -0.25) is 4.90 Å². The first-order chi connectivity index (χ1) is 14.0. The first-order valence-corrected chi connectivity index (χ1v) is 10.9. The molecule has 0 radical (unpaired) electrons. The average Bonchev–Trinajstić information content (AvgIpc) is 2.71. The predicted molar refractivity (Wildman–Crippen MR) is 120 cm³/mol. The van der Waals surface area contributed by atoms with E-state index < -0.39 is 0 Å². The molecular formula is C24H26BrNO3. The maximum absolute atomic E-state index is 12.0. The molecule has 5 heteroatoms. The van der Waals surface area contributed by atoms with Crippen molar-refractivity contribution in [3.05, 3.63) is 74.0 Å². The molecule has 0 amide bonds. The van der Waals surface area contributed by atoms with E-state index in [9.17, 15) is 4.79 Å². The molecular weight excluding hydrogens is 430 g/mol. The van der Waals surface area contributed by atoms with Crippen LogP contribution >= 0.6 is 15.9 Å². The van der Waals surface area contributed by atoms with Crippen molar-refractivity contribution in [2.24, 2.45) is 5.92 Å². The minimum atomic E-state index is -0.275. The highest BCUT2D eigenvalue weighted by molar-refractivity contribution is 9.10. The minimum absolute atomic E-state index is 0.275. The Morgan fingerprint density at radius 3 is 2.86 bits per heavy atom. The fourth-order valence-corrected chi connectivity index (χ4v) is 4.50. The Labute approximate surface area is 179 Å². The van der Waals surface area contributed by atoms with Crippen LogP contribution in [0, 0.1) is 19.8 Å². The smallest absolute Gasteiger partial charge is 0.339 e. The van der Waals surface area contributed by atoms with Gasteiger partial charge in [0.2, 0.25) is 0 Å². The van der Waals surface area contributed by atoms with Gasteiger partial charge in [0.05, 0.1) is 6.61 Å². The molecule has 2 heterocycles. The minimum Gasteiger partial charge on any atom is -0.493 e. The predicted octanol–water partition coefficient (Wildman–Crippen LogP) is 5.46. The molecule has 0 bridgehead atoms. The lowest BCUT2D eigenvalue weighted by atomic mass is 9.98. The third-order valence-corrected chi connectivity index (χ3v) is 6.31. The second-order valence-electron chi connectivity index (χ2n) is 7.98. The number of aryl methyl sites for hydroxylation is 1. The van der Waals surface area contributed by atoms with Crippen molar-refractivity contribution in [3.63, 3.8) is 0 Å².